The Morgan fingerprint density at radius 2 is 1.57 bits per heavy atom. The molecule has 1 saturated carbocycles. The molecule has 3 saturated heterocycles. The first kappa shape index (κ1) is 46.5. The summed E-state index contributed by atoms with van der Waals surface area (Å²) in [5.74, 6) is -7.27. The molecular formula is C44H69NO13. The normalized spacial score (nSPS) is 42.8. The van der Waals surface area contributed by atoms with Gasteiger partial charge in [0.25, 0.3) is 11.7 Å². The Bertz CT molecular complexity index is 1510. The zero-order valence-electron chi connectivity index (χ0n) is 35.8. The van der Waals surface area contributed by atoms with E-state index in [0.29, 0.717) is 69.1 Å². The second kappa shape index (κ2) is 20.3. The molecule has 0 aromatic heterocycles. The summed E-state index contributed by atoms with van der Waals surface area (Å²) in [6.07, 6.45) is 3.37. The molecule has 1 amide bonds. The summed E-state index contributed by atoms with van der Waals surface area (Å²) in [5.41, 5.74) is 1.24. The molecule has 4 heterocycles. The quantitative estimate of drug-likeness (QED) is 0.146. The summed E-state index contributed by atoms with van der Waals surface area (Å²) in [4.78, 5) is 58.1. The highest BCUT2D eigenvalue weighted by atomic mass is 16.7. The molecule has 5 rings (SSSR count). The van der Waals surface area contributed by atoms with Gasteiger partial charge in [-0.3, -0.25) is 14.4 Å². The first-order valence-electron chi connectivity index (χ1n) is 21.4. The number of Topliss-reactive ketones (excluding diaryl/α,β-unsaturated/α-hetero) is 2. The summed E-state index contributed by atoms with van der Waals surface area (Å²) in [6.45, 7) is 9.93. The van der Waals surface area contributed by atoms with Crippen molar-refractivity contribution in [3.63, 3.8) is 0 Å². The second-order valence-corrected chi connectivity index (χ2v) is 17.9. The lowest BCUT2D eigenvalue weighted by Crippen LogP contribution is -2.64. The monoisotopic (exact) mass is 819 g/mol. The highest BCUT2D eigenvalue weighted by Crippen LogP contribution is 2.39. The number of nitrogens with zero attached hydrogens (tertiary/aromatic N) is 1. The molecule has 0 aromatic rings. The van der Waals surface area contributed by atoms with E-state index in [-0.39, 0.29) is 61.6 Å². The Hall–Kier alpha value is -2.56. The zero-order valence-corrected chi connectivity index (χ0v) is 35.8. The van der Waals surface area contributed by atoms with Crippen molar-refractivity contribution in [3.05, 3.63) is 23.3 Å². The van der Waals surface area contributed by atoms with Crippen LogP contribution in [0.2, 0.25) is 0 Å². The molecule has 2 bridgehead atoms. The third-order valence-corrected chi connectivity index (χ3v) is 13.3. The van der Waals surface area contributed by atoms with Crippen LogP contribution in [0.4, 0.5) is 0 Å². The first-order chi connectivity index (χ1) is 27.5. The number of ketones is 2. The summed E-state index contributed by atoms with van der Waals surface area (Å²) in [6, 6.07) is -1.14. The number of carbonyl (C=O) groups is 4. The largest absolute Gasteiger partial charge is 0.456 e. The van der Waals surface area contributed by atoms with Crippen molar-refractivity contribution < 1.29 is 62.9 Å². The van der Waals surface area contributed by atoms with E-state index in [9.17, 15) is 34.5 Å². The van der Waals surface area contributed by atoms with Crippen LogP contribution in [0.3, 0.4) is 0 Å². The van der Waals surface area contributed by atoms with Crippen molar-refractivity contribution >= 4 is 23.4 Å². The fourth-order valence-corrected chi connectivity index (χ4v) is 9.72. The fourth-order valence-electron chi connectivity index (χ4n) is 9.72. The summed E-state index contributed by atoms with van der Waals surface area (Å²) < 4.78 is 35.4. The lowest BCUT2D eigenvalue weighted by molar-refractivity contribution is -0.302. The smallest absolute Gasteiger partial charge is 0.329 e. The average molecular weight is 820 g/mol. The molecule has 15 unspecified atom stereocenters. The van der Waals surface area contributed by atoms with Gasteiger partial charge in [0.15, 0.2) is 5.78 Å². The molecule has 5 aliphatic rings. The molecule has 0 spiro atoms. The van der Waals surface area contributed by atoms with Crippen LogP contribution >= 0.6 is 0 Å². The van der Waals surface area contributed by atoms with Crippen molar-refractivity contribution in [1.29, 1.82) is 0 Å². The van der Waals surface area contributed by atoms with Gasteiger partial charge < -0.3 is 48.6 Å². The van der Waals surface area contributed by atoms with Crippen LogP contribution in [-0.4, -0.2) is 139 Å². The number of epoxide rings is 1. The zero-order chi connectivity index (χ0) is 42.5. The van der Waals surface area contributed by atoms with E-state index in [1.54, 1.807) is 21.0 Å². The molecular weight excluding hydrogens is 750 g/mol. The number of hydrogen-bond acceptors (Lipinski definition) is 13. The van der Waals surface area contributed by atoms with Crippen LogP contribution < -0.4 is 0 Å². The van der Waals surface area contributed by atoms with Crippen LogP contribution in [0, 0.1) is 29.6 Å². The minimum atomic E-state index is -2.51. The van der Waals surface area contributed by atoms with Gasteiger partial charge in [0.05, 0.1) is 43.2 Å². The van der Waals surface area contributed by atoms with E-state index in [2.05, 4.69) is 6.92 Å². The van der Waals surface area contributed by atoms with Gasteiger partial charge in [0, 0.05) is 52.6 Å². The lowest BCUT2D eigenvalue weighted by atomic mass is 9.81. The van der Waals surface area contributed by atoms with Crippen LogP contribution in [0.1, 0.15) is 105 Å². The van der Waals surface area contributed by atoms with Gasteiger partial charge in [-0.1, -0.05) is 39.8 Å². The van der Waals surface area contributed by atoms with Crippen LogP contribution in [-0.2, 0) is 47.6 Å². The van der Waals surface area contributed by atoms with Gasteiger partial charge in [0.2, 0.25) is 5.79 Å². The highest BCUT2D eigenvalue weighted by Gasteiger charge is 2.56. The van der Waals surface area contributed by atoms with E-state index in [1.165, 1.54) is 19.1 Å². The SMILES string of the molecule is COC1CC(C=C(C)C2OC(=O)C3CCCCN3C(=O)C(=O)C3(O)OC(C(OC)CC(C)CC(C)/C=C(\CC4CO4)C(=O)CC(O)C2C)C(OC)CC3C)CCC1O. The number of esters is 1. The molecule has 14 nitrogen and oxygen atoms in total. The molecule has 0 aromatic carbocycles. The maximum absolute atomic E-state index is 14.3. The molecule has 14 heteroatoms. The molecule has 0 radical (unpaired) electrons. The molecule has 328 valence electrons. The van der Waals surface area contributed by atoms with Crippen LogP contribution in [0.15, 0.2) is 23.3 Å². The Morgan fingerprint density at radius 1 is 0.897 bits per heavy atom. The molecule has 3 N–H and O–H groups in total. The Kier molecular flexibility index (Phi) is 16.3. The predicted molar refractivity (Wildman–Crippen MR) is 212 cm³/mol. The number of ether oxygens (including phenoxy) is 6. The van der Waals surface area contributed by atoms with Gasteiger partial charge in [-0.05, 0) is 93.6 Å². The van der Waals surface area contributed by atoms with E-state index in [0.717, 1.165) is 0 Å². The number of aliphatic hydroxyl groups excluding tert-OH is 2. The minimum absolute atomic E-state index is 0.0111. The number of rotatable bonds is 7. The summed E-state index contributed by atoms with van der Waals surface area (Å²) in [7, 11) is 4.63. The molecule has 4 aliphatic heterocycles. The molecule has 4 fully saturated rings. The molecule has 1 aliphatic carbocycles. The van der Waals surface area contributed by atoms with Crippen molar-refractivity contribution in [2.24, 2.45) is 29.6 Å². The fraction of sp³-hybridized carbons (Fsp3) is 0.818. The standard InChI is InChI=1S/C44H69NO13/c1-24-15-25(2)17-37(54-7)40-38(55-8)19-27(4)44(52,58-40)41(49)42(50)45-14-10-9-11-32(45)43(51)57-39(26(3)18-29-12-13-33(46)36(20-29)53-6)28(5)34(47)22-35(48)30(16-24)21-31-23-56-31/h16,18,24-25,27-29,31-34,36-40,46-47,52H,9-15,17,19-23H2,1-8H3/b26-18?,30-16+. The van der Waals surface area contributed by atoms with Gasteiger partial charge in [-0.15, -0.1) is 0 Å². The van der Waals surface area contributed by atoms with Crippen molar-refractivity contribution in [3.8, 4) is 0 Å². The third-order valence-electron chi connectivity index (χ3n) is 13.3. The van der Waals surface area contributed by atoms with Gasteiger partial charge in [-0.2, -0.15) is 0 Å². The summed E-state index contributed by atoms with van der Waals surface area (Å²) >= 11 is 0. The van der Waals surface area contributed by atoms with E-state index >= 15 is 0 Å². The number of fused-ring (bicyclic) bond motifs is 3. The van der Waals surface area contributed by atoms with Gasteiger partial charge in [-0.25, -0.2) is 4.79 Å². The molecule has 58 heavy (non-hydrogen) atoms. The van der Waals surface area contributed by atoms with E-state index in [1.807, 2.05) is 26.0 Å². The van der Waals surface area contributed by atoms with Crippen LogP contribution in [0.5, 0.6) is 0 Å². The number of amides is 1. The lowest BCUT2D eigenvalue weighted by Gasteiger charge is -2.47. The maximum Gasteiger partial charge on any atom is 0.329 e. The maximum atomic E-state index is 14.3. The average Bonchev–Trinajstić information content (AvgIpc) is 4.03. The number of hydrogen-bond donors (Lipinski definition) is 3. The van der Waals surface area contributed by atoms with E-state index in [4.69, 9.17) is 28.4 Å². The number of allylic oxidation sites excluding steroid dienone is 2. The minimum Gasteiger partial charge on any atom is -0.456 e. The van der Waals surface area contributed by atoms with Gasteiger partial charge >= 0.3 is 5.97 Å². The van der Waals surface area contributed by atoms with Crippen molar-refractivity contribution in [2.75, 3.05) is 34.5 Å². The topological polar surface area (TPSA) is 191 Å². The predicted octanol–water partition coefficient (Wildman–Crippen LogP) is 3.85. The van der Waals surface area contributed by atoms with Crippen LogP contribution in [0.25, 0.3) is 0 Å². The Labute approximate surface area is 343 Å². The number of carbonyl (C=O) groups excluding carboxylic acids is 4. The Balaban J connectivity index is 1.53. The van der Waals surface area contributed by atoms with Crippen molar-refractivity contribution in [1.82, 2.24) is 4.90 Å². The number of cyclic esters (lactones) is 1. The second-order valence-electron chi connectivity index (χ2n) is 17.9. The third kappa shape index (κ3) is 11.0. The number of methoxy groups -OCH3 is 3. The molecule has 15 atom stereocenters. The number of piperidine rings is 1. The highest BCUT2D eigenvalue weighted by molar-refractivity contribution is 6.39. The van der Waals surface area contributed by atoms with Gasteiger partial charge in [0.1, 0.15) is 18.2 Å². The summed E-state index contributed by atoms with van der Waals surface area (Å²) in [5, 5.41) is 34.3. The number of aliphatic hydroxyl groups is 3. The van der Waals surface area contributed by atoms with E-state index < -0.39 is 77.9 Å². The Morgan fingerprint density at radius 3 is 2.22 bits per heavy atom. The van der Waals surface area contributed by atoms with Crippen molar-refractivity contribution in [2.45, 2.75) is 166 Å². The first-order valence-corrected chi connectivity index (χ1v) is 21.4.